The molecule has 10 nitrogen and oxygen atoms in total. The number of halogens is 1. The van der Waals surface area contributed by atoms with Gasteiger partial charge in [-0.25, -0.2) is 9.78 Å². The molecular formula is C28H27ClN4O6S. The first-order chi connectivity index (χ1) is 19.2. The normalized spacial score (nSPS) is 16.2. The second kappa shape index (κ2) is 11.6. The fourth-order valence-corrected chi connectivity index (χ4v) is 4.61. The Morgan fingerprint density at radius 1 is 1.20 bits per heavy atom. The lowest BCUT2D eigenvalue weighted by atomic mass is 10.1. The number of nitrogens with one attached hydrogen (secondary N) is 2. The van der Waals surface area contributed by atoms with Crippen LogP contribution in [0.5, 0.6) is 16.7 Å². The predicted molar refractivity (Wildman–Crippen MR) is 149 cm³/mol. The Hall–Kier alpha value is -3.96. The van der Waals surface area contributed by atoms with E-state index in [2.05, 4.69) is 20.6 Å². The zero-order valence-electron chi connectivity index (χ0n) is 21.6. The molecule has 0 aliphatic heterocycles. The lowest BCUT2D eigenvalue weighted by molar-refractivity contribution is -0.140. The molecule has 1 atom stereocenters. The van der Waals surface area contributed by atoms with Gasteiger partial charge in [0.25, 0.3) is 17.0 Å². The van der Waals surface area contributed by atoms with Gasteiger partial charge in [-0.2, -0.15) is 0 Å². The van der Waals surface area contributed by atoms with E-state index in [0.717, 1.165) is 4.88 Å². The van der Waals surface area contributed by atoms with E-state index in [0.29, 0.717) is 47.1 Å². The number of aliphatic carboxylic acids is 1. The summed E-state index contributed by atoms with van der Waals surface area (Å²) in [4.78, 5) is 45.6. The minimum atomic E-state index is -1.24. The second-order valence-electron chi connectivity index (χ2n) is 9.87. The maximum Gasteiger partial charge on any atom is 0.329 e. The number of carbonyl (C=O) groups excluding carboxylic acids is 2. The van der Waals surface area contributed by atoms with Crippen LogP contribution in [-0.4, -0.2) is 51.0 Å². The van der Waals surface area contributed by atoms with Gasteiger partial charge in [-0.05, 0) is 68.9 Å². The summed E-state index contributed by atoms with van der Waals surface area (Å²) in [6, 6.07) is 7.78. The number of nitrogens with zero attached hydrogens (tertiary/aromatic N) is 2. The van der Waals surface area contributed by atoms with E-state index in [1.807, 2.05) is 12.1 Å². The molecule has 2 saturated carbocycles. The van der Waals surface area contributed by atoms with Crippen LogP contribution in [0.3, 0.4) is 0 Å². The first-order valence-corrected chi connectivity index (χ1v) is 14.0. The number of carboxylic acid groups (broad SMARTS) is 1. The molecule has 5 rings (SSSR count). The van der Waals surface area contributed by atoms with Gasteiger partial charge in [0.2, 0.25) is 0 Å². The van der Waals surface area contributed by atoms with Gasteiger partial charge in [-0.1, -0.05) is 29.0 Å². The number of benzene rings is 1. The number of carbonyl (C=O) groups is 3. The molecule has 1 aromatic carbocycles. The van der Waals surface area contributed by atoms with E-state index < -0.39 is 23.3 Å². The van der Waals surface area contributed by atoms with E-state index in [-0.39, 0.29) is 17.3 Å². The maximum absolute atomic E-state index is 12.7. The maximum atomic E-state index is 12.7. The molecule has 0 spiro atoms. The average molecular weight is 583 g/mol. The fourth-order valence-electron chi connectivity index (χ4n) is 3.71. The van der Waals surface area contributed by atoms with Crippen molar-refractivity contribution >= 4 is 46.8 Å². The summed E-state index contributed by atoms with van der Waals surface area (Å²) in [6.07, 6.45) is 9.76. The second-order valence-corrected chi connectivity index (χ2v) is 11.3. The fraction of sp³-hybridized carbons (Fsp3) is 0.321. The van der Waals surface area contributed by atoms with Gasteiger partial charge in [-0.3, -0.25) is 14.6 Å². The zero-order chi connectivity index (χ0) is 28.3. The Morgan fingerprint density at radius 2 is 2.00 bits per heavy atom. The van der Waals surface area contributed by atoms with Gasteiger partial charge in [0, 0.05) is 30.1 Å². The number of thiazole rings is 1. The van der Waals surface area contributed by atoms with Gasteiger partial charge in [0.15, 0.2) is 0 Å². The van der Waals surface area contributed by atoms with Crippen LogP contribution in [0.25, 0.3) is 6.08 Å². The van der Waals surface area contributed by atoms with Crippen LogP contribution >= 0.6 is 22.9 Å². The zero-order valence-corrected chi connectivity index (χ0v) is 23.1. The van der Waals surface area contributed by atoms with Crippen molar-refractivity contribution in [2.24, 2.45) is 5.92 Å². The van der Waals surface area contributed by atoms with E-state index >= 15 is 0 Å². The Morgan fingerprint density at radius 3 is 2.70 bits per heavy atom. The molecule has 2 aliphatic rings. The molecule has 2 aliphatic carbocycles. The topological polar surface area (TPSA) is 140 Å². The van der Waals surface area contributed by atoms with Crippen LogP contribution in [0.4, 0.5) is 0 Å². The summed E-state index contributed by atoms with van der Waals surface area (Å²) in [5.41, 5.74) is -1.03. The molecule has 2 aromatic heterocycles. The summed E-state index contributed by atoms with van der Waals surface area (Å²) in [7, 11) is 0. The minimum absolute atomic E-state index is 0.0268. The minimum Gasteiger partial charge on any atom is -0.493 e. The Kier molecular flexibility index (Phi) is 8.04. The van der Waals surface area contributed by atoms with Crippen molar-refractivity contribution in [1.29, 1.82) is 0 Å². The smallest absolute Gasteiger partial charge is 0.329 e. The molecule has 12 heteroatoms. The van der Waals surface area contributed by atoms with Crippen molar-refractivity contribution in [2.45, 2.75) is 44.2 Å². The number of hydrogen-bond donors (Lipinski definition) is 3. The standard InChI is InChI=1S/C28H27ClN4O6S/c1-16(32-24(34)18-8-11-30-22(12-18)25(35)33-28(9-10-28)26(36)37)2-6-20-14-31-27(40-20)39-23-7-5-19(13-21(23)29)38-15-17-3-4-17/h2,5-8,11-14,16-17H,3-4,9-10,15H2,1H3,(H,32,34)(H,33,35)(H,36,37)/t16-/m0/s1. The summed E-state index contributed by atoms with van der Waals surface area (Å²) >= 11 is 7.68. The third kappa shape index (κ3) is 6.97. The van der Waals surface area contributed by atoms with Crippen molar-refractivity contribution in [1.82, 2.24) is 20.6 Å². The van der Waals surface area contributed by atoms with Gasteiger partial charge < -0.3 is 25.2 Å². The highest BCUT2D eigenvalue weighted by atomic mass is 35.5. The van der Waals surface area contributed by atoms with Gasteiger partial charge >= 0.3 is 5.97 Å². The van der Waals surface area contributed by atoms with Crippen LogP contribution in [0.15, 0.2) is 48.8 Å². The third-order valence-electron chi connectivity index (χ3n) is 6.46. The molecule has 208 valence electrons. The molecule has 40 heavy (non-hydrogen) atoms. The van der Waals surface area contributed by atoms with Crippen molar-refractivity contribution in [2.75, 3.05) is 6.61 Å². The quantitative estimate of drug-likeness (QED) is 0.272. The van der Waals surface area contributed by atoms with Crippen molar-refractivity contribution in [3.05, 3.63) is 70.0 Å². The molecule has 2 amide bonds. The first-order valence-electron chi connectivity index (χ1n) is 12.8. The molecule has 3 aromatic rings. The van der Waals surface area contributed by atoms with Gasteiger partial charge in [0.05, 0.1) is 16.5 Å². The summed E-state index contributed by atoms with van der Waals surface area (Å²) in [5, 5.41) is 15.4. The first kappa shape index (κ1) is 27.6. The van der Waals surface area contributed by atoms with Crippen molar-refractivity contribution in [3.8, 4) is 16.7 Å². The Balaban J connectivity index is 1.13. The lowest BCUT2D eigenvalue weighted by Gasteiger charge is -2.13. The van der Waals surface area contributed by atoms with Crippen LogP contribution in [0.1, 0.15) is 58.3 Å². The van der Waals surface area contributed by atoms with E-state index in [1.54, 1.807) is 31.3 Å². The van der Waals surface area contributed by atoms with E-state index in [1.165, 1.54) is 42.5 Å². The number of ether oxygens (including phenoxy) is 2. The largest absolute Gasteiger partial charge is 0.493 e. The Labute approximate surface area is 239 Å². The summed E-state index contributed by atoms with van der Waals surface area (Å²) in [6.45, 7) is 2.51. The highest BCUT2D eigenvalue weighted by molar-refractivity contribution is 7.14. The van der Waals surface area contributed by atoms with Crippen molar-refractivity contribution < 1.29 is 29.0 Å². The van der Waals surface area contributed by atoms with E-state index in [4.69, 9.17) is 21.1 Å². The highest BCUT2D eigenvalue weighted by Crippen LogP contribution is 2.36. The number of amides is 2. The number of pyridine rings is 1. The predicted octanol–water partition coefficient (Wildman–Crippen LogP) is 4.95. The van der Waals surface area contributed by atoms with Crippen LogP contribution < -0.4 is 20.1 Å². The molecule has 0 radical (unpaired) electrons. The molecule has 2 fully saturated rings. The molecular weight excluding hydrogens is 556 g/mol. The van der Waals surface area contributed by atoms with Gasteiger partial charge in [0.1, 0.15) is 22.7 Å². The van der Waals surface area contributed by atoms with Crippen LogP contribution in [0, 0.1) is 5.92 Å². The summed E-state index contributed by atoms with van der Waals surface area (Å²) < 4.78 is 11.6. The third-order valence-corrected chi connectivity index (χ3v) is 7.60. The number of rotatable bonds is 12. The number of carboxylic acids is 1. The lowest BCUT2D eigenvalue weighted by Crippen LogP contribution is -2.43. The highest BCUT2D eigenvalue weighted by Gasteiger charge is 2.51. The van der Waals surface area contributed by atoms with Crippen molar-refractivity contribution in [3.63, 3.8) is 0 Å². The van der Waals surface area contributed by atoms with Crippen LogP contribution in [-0.2, 0) is 4.79 Å². The molecule has 0 saturated heterocycles. The molecule has 0 unspecified atom stereocenters. The molecule has 2 heterocycles. The van der Waals surface area contributed by atoms with Gasteiger partial charge in [-0.15, -0.1) is 0 Å². The van der Waals surface area contributed by atoms with E-state index in [9.17, 15) is 19.5 Å². The summed E-state index contributed by atoms with van der Waals surface area (Å²) in [5.74, 6) is -0.283. The number of hydrogen-bond acceptors (Lipinski definition) is 8. The Bertz CT molecular complexity index is 1470. The molecule has 0 bridgehead atoms. The monoisotopic (exact) mass is 582 g/mol. The molecule has 3 N–H and O–H groups in total. The van der Waals surface area contributed by atoms with Crippen LogP contribution in [0.2, 0.25) is 5.02 Å². The SMILES string of the molecule is C[C@@H](C=Cc1cnc(Oc2ccc(OCC3CC3)cc2Cl)s1)NC(=O)c1ccnc(C(=O)NC2(C(=O)O)CC2)c1. The number of aromatic nitrogens is 2. The average Bonchev–Trinajstić information content (AvgIpc) is 3.87.